The molecular formula is C11H17NO3. The van der Waals surface area contributed by atoms with Gasteiger partial charge < -0.3 is 14.9 Å². The van der Waals surface area contributed by atoms with Gasteiger partial charge in [0, 0.05) is 0 Å². The van der Waals surface area contributed by atoms with Gasteiger partial charge in [-0.3, -0.25) is 0 Å². The van der Waals surface area contributed by atoms with E-state index in [0.29, 0.717) is 5.76 Å². The second-order valence-electron chi connectivity index (χ2n) is 3.44. The summed E-state index contributed by atoms with van der Waals surface area (Å²) in [5.74, 6) is 0.382. The highest BCUT2D eigenvalue weighted by molar-refractivity contribution is 5.86. The molecule has 0 bridgehead atoms. The number of carbonyl (C=O) groups excluding carboxylic acids is 1. The Balaban J connectivity index is 2.62. The number of esters is 1. The lowest BCUT2D eigenvalue weighted by molar-refractivity contribution is 0.0562. The van der Waals surface area contributed by atoms with E-state index in [0.717, 1.165) is 19.3 Å². The second kappa shape index (κ2) is 5.56. The molecular weight excluding hydrogens is 194 g/mol. The largest absolute Gasteiger partial charge is 0.463 e. The van der Waals surface area contributed by atoms with E-state index in [-0.39, 0.29) is 11.8 Å². The minimum Gasteiger partial charge on any atom is -0.463 e. The van der Waals surface area contributed by atoms with Gasteiger partial charge in [-0.25, -0.2) is 4.79 Å². The van der Waals surface area contributed by atoms with Crippen molar-refractivity contribution in [2.75, 3.05) is 7.11 Å². The van der Waals surface area contributed by atoms with E-state index in [1.165, 1.54) is 7.11 Å². The van der Waals surface area contributed by atoms with Crippen LogP contribution in [0.1, 0.15) is 48.5 Å². The Kier molecular flexibility index (Phi) is 4.37. The van der Waals surface area contributed by atoms with Crippen molar-refractivity contribution in [1.82, 2.24) is 0 Å². The number of rotatable bonds is 5. The molecule has 84 valence electrons. The Morgan fingerprint density at radius 2 is 2.33 bits per heavy atom. The molecule has 0 saturated heterocycles. The van der Waals surface area contributed by atoms with Gasteiger partial charge in [0.25, 0.3) is 0 Å². The summed E-state index contributed by atoms with van der Waals surface area (Å²) < 4.78 is 9.83. The summed E-state index contributed by atoms with van der Waals surface area (Å²) in [5, 5.41) is 0. The molecule has 1 aromatic heterocycles. The fourth-order valence-corrected chi connectivity index (χ4v) is 1.33. The van der Waals surface area contributed by atoms with E-state index in [2.05, 4.69) is 11.7 Å². The molecule has 0 spiro atoms. The number of ether oxygens (including phenoxy) is 1. The molecule has 0 saturated carbocycles. The Bertz CT molecular complexity index is 319. The maximum atomic E-state index is 11.1. The number of unbranched alkanes of at least 4 members (excludes halogenated alkanes) is 1. The molecule has 0 amide bonds. The lowest BCUT2D eigenvalue weighted by Crippen LogP contribution is -2.09. The average Bonchev–Trinajstić information content (AvgIpc) is 2.74. The molecule has 4 heteroatoms. The number of hydrogen-bond donors (Lipinski definition) is 1. The molecule has 4 nitrogen and oxygen atoms in total. The molecule has 0 aliphatic carbocycles. The molecule has 15 heavy (non-hydrogen) atoms. The summed E-state index contributed by atoms with van der Waals surface area (Å²) >= 11 is 0. The smallest absolute Gasteiger partial charge is 0.373 e. The Morgan fingerprint density at radius 3 is 2.93 bits per heavy atom. The van der Waals surface area contributed by atoms with E-state index in [1.54, 1.807) is 12.1 Å². The number of methoxy groups -OCH3 is 1. The maximum Gasteiger partial charge on any atom is 0.373 e. The first kappa shape index (κ1) is 11.8. The van der Waals surface area contributed by atoms with Gasteiger partial charge in [-0.05, 0) is 18.6 Å². The van der Waals surface area contributed by atoms with Gasteiger partial charge in [0.2, 0.25) is 5.76 Å². The molecule has 1 atom stereocenters. The van der Waals surface area contributed by atoms with Crippen LogP contribution in [0.25, 0.3) is 0 Å². The van der Waals surface area contributed by atoms with Crippen LogP contribution in [0.2, 0.25) is 0 Å². The summed E-state index contributed by atoms with van der Waals surface area (Å²) in [4.78, 5) is 11.1. The maximum absolute atomic E-state index is 11.1. The van der Waals surface area contributed by atoms with E-state index >= 15 is 0 Å². The molecule has 1 aromatic rings. The van der Waals surface area contributed by atoms with Crippen LogP contribution in [0, 0.1) is 0 Å². The van der Waals surface area contributed by atoms with Crippen LogP contribution >= 0.6 is 0 Å². The summed E-state index contributed by atoms with van der Waals surface area (Å²) in [7, 11) is 1.32. The third-order valence-corrected chi connectivity index (χ3v) is 2.25. The summed E-state index contributed by atoms with van der Waals surface area (Å²) in [6, 6.07) is 3.18. The molecule has 0 fully saturated rings. The van der Waals surface area contributed by atoms with E-state index < -0.39 is 5.97 Å². The third-order valence-electron chi connectivity index (χ3n) is 2.25. The van der Waals surface area contributed by atoms with Crippen molar-refractivity contribution in [2.24, 2.45) is 5.73 Å². The fraction of sp³-hybridized carbons (Fsp3) is 0.545. The Hall–Kier alpha value is -1.29. The molecule has 2 N–H and O–H groups in total. The van der Waals surface area contributed by atoms with Gasteiger partial charge >= 0.3 is 5.97 Å². The minimum absolute atomic E-state index is 0.136. The summed E-state index contributed by atoms with van der Waals surface area (Å²) in [6.07, 6.45) is 3.01. The topological polar surface area (TPSA) is 65.5 Å². The van der Waals surface area contributed by atoms with Gasteiger partial charge in [0.05, 0.1) is 13.2 Å². The quantitative estimate of drug-likeness (QED) is 0.758. The summed E-state index contributed by atoms with van der Waals surface area (Å²) in [5.41, 5.74) is 5.89. The van der Waals surface area contributed by atoms with Crippen molar-refractivity contribution >= 4 is 5.97 Å². The predicted molar refractivity (Wildman–Crippen MR) is 56.5 cm³/mol. The van der Waals surface area contributed by atoms with Crippen molar-refractivity contribution in [1.29, 1.82) is 0 Å². The zero-order chi connectivity index (χ0) is 11.3. The zero-order valence-corrected chi connectivity index (χ0v) is 9.16. The SMILES string of the molecule is CCCCC(N)c1ccc(C(=O)OC)o1. The lowest BCUT2D eigenvalue weighted by Gasteiger charge is -2.06. The predicted octanol–water partition coefficient (Wildman–Crippen LogP) is 2.26. The Labute approximate surface area is 89.4 Å². The van der Waals surface area contributed by atoms with Crippen LogP contribution in [-0.2, 0) is 4.74 Å². The molecule has 1 heterocycles. The highest BCUT2D eigenvalue weighted by Crippen LogP contribution is 2.19. The van der Waals surface area contributed by atoms with Crippen molar-refractivity contribution < 1.29 is 13.9 Å². The van der Waals surface area contributed by atoms with Crippen LogP contribution in [0.5, 0.6) is 0 Å². The average molecular weight is 211 g/mol. The van der Waals surface area contributed by atoms with E-state index in [9.17, 15) is 4.79 Å². The van der Waals surface area contributed by atoms with Crippen molar-refractivity contribution in [3.05, 3.63) is 23.7 Å². The molecule has 0 aliphatic rings. The molecule has 0 aliphatic heterocycles. The zero-order valence-electron chi connectivity index (χ0n) is 9.16. The minimum atomic E-state index is -0.469. The fourth-order valence-electron chi connectivity index (χ4n) is 1.33. The van der Waals surface area contributed by atoms with E-state index in [1.807, 2.05) is 0 Å². The molecule has 0 radical (unpaired) electrons. The van der Waals surface area contributed by atoms with Crippen molar-refractivity contribution in [3.63, 3.8) is 0 Å². The first-order valence-corrected chi connectivity index (χ1v) is 5.12. The van der Waals surface area contributed by atoms with Crippen LogP contribution in [-0.4, -0.2) is 13.1 Å². The van der Waals surface area contributed by atoms with Crippen LogP contribution in [0.4, 0.5) is 0 Å². The van der Waals surface area contributed by atoms with Gasteiger partial charge in [-0.15, -0.1) is 0 Å². The van der Waals surface area contributed by atoms with Gasteiger partial charge in [0.15, 0.2) is 0 Å². The number of carbonyl (C=O) groups is 1. The highest BCUT2D eigenvalue weighted by atomic mass is 16.5. The number of nitrogens with two attached hydrogens (primary N) is 1. The van der Waals surface area contributed by atoms with Crippen LogP contribution in [0.3, 0.4) is 0 Å². The monoisotopic (exact) mass is 211 g/mol. The highest BCUT2D eigenvalue weighted by Gasteiger charge is 2.14. The van der Waals surface area contributed by atoms with Gasteiger partial charge in [-0.2, -0.15) is 0 Å². The normalized spacial score (nSPS) is 12.5. The van der Waals surface area contributed by atoms with Crippen LogP contribution < -0.4 is 5.73 Å². The van der Waals surface area contributed by atoms with E-state index in [4.69, 9.17) is 10.2 Å². The number of furan rings is 1. The molecule has 1 unspecified atom stereocenters. The summed E-state index contributed by atoms with van der Waals surface area (Å²) in [6.45, 7) is 2.11. The van der Waals surface area contributed by atoms with Gasteiger partial charge in [0.1, 0.15) is 5.76 Å². The Morgan fingerprint density at radius 1 is 1.60 bits per heavy atom. The van der Waals surface area contributed by atoms with Crippen molar-refractivity contribution in [2.45, 2.75) is 32.2 Å². The first-order chi connectivity index (χ1) is 7.19. The van der Waals surface area contributed by atoms with Crippen LogP contribution in [0.15, 0.2) is 16.5 Å². The molecule has 0 aromatic carbocycles. The first-order valence-electron chi connectivity index (χ1n) is 5.12. The van der Waals surface area contributed by atoms with Crippen molar-refractivity contribution in [3.8, 4) is 0 Å². The molecule has 1 rings (SSSR count). The standard InChI is InChI=1S/C11H17NO3/c1-3-4-5-8(12)9-6-7-10(15-9)11(13)14-2/h6-8H,3-5,12H2,1-2H3. The number of hydrogen-bond acceptors (Lipinski definition) is 4. The van der Waals surface area contributed by atoms with Gasteiger partial charge in [-0.1, -0.05) is 19.8 Å². The second-order valence-corrected chi connectivity index (χ2v) is 3.44. The third kappa shape index (κ3) is 3.09. The lowest BCUT2D eigenvalue weighted by atomic mass is 10.1.